The fourth-order valence-corrected chi connectivity index (χ4v) is 3.59. The Morgan fingerprint density at radius 2 is 1.85 bits per heavy atom. The lowest BCUT2D eigenvalue weighted by Crippen LogP contribution is -2.32. The molecule has 1 aromatic carbocycles. The van der Waals surface area contributed by atoms with E-state index in [9.17, 15) is 4.79 Å². The van der Waals surface area contributed by atoms with E-state index >= 15 is 0 Å². The molecule has 3 heterocycles. The third kappa shape index (κ3) is 3.65. The Labute approximate surface area is 158 Å². The van der Waals surface area contributed by atoms with E-state index in [1.54, 1.807) is 22.9 Å². The summed E-state index contributed by atoms with van der Waals surface area (Å²) in [5.41, 5.74) is 2.80. The molecule has 4 rings (SSSR count). The van der Waals surface area contributed by atoms with E-state index in [1.807, 2.05) is 6.92 Å². The highest BCUT2D eigenvalue weighted by molar-refractivity contribution is 5.75. The molecule has 0 bridgehead atoms. The van der Waals surface area contributed by atoms with E-state index in [4.69, 9.17) is 0 Å². The lowest BCUT2D eigenvalue weighted by atomic mass is 9.99. The van der Waals surface area contributed by atoms with Crippen LogP contribution in [0, 0.1) is 5.92 Å². The maximum absolute atomic E-state index is 12.0. The maximum atomic E-state index is 12.0. The lowest BCUT2D eigenvalue weighted by molar-refractivity contribution is 0.438. The molecule has 2 aromatic heterocycles. The minimum atomic E-state index is -0.0464. The van der Waals surface area contributed by atoms with Crippen LogP contribution in [0.5, 0.6) is 0 Å². The van der Waals surface area contributed by atoms with Crippen LogP contribution in [0.2, 0.25) is 0 Å². The summed E-state index contributed by atoms with van der Waals surface area (Å²) in [5, 5.41) is 4.11. The summed E-state index contributed by atoms with van der Waals surface area (Å²) < 4.78 is 1.66. The highest BCUT2D eigenvalue weighted by Gasteiger charge is 2.15. The molecule has 140 valence electrons. The molecule has 1 aliphatic heterocycles. The van der Waals surface area contributed by atoms with Gasteiger partial charge in [-0.05, 0) is 56.0 Å². The van der Waals surface area contributed by atoms with Gasteiger partial charge < -0.3 is 10.2 Å². The molecule has 3 aromatic rings. The normalized spacial score (nSPS) is 15.3. The van der Waals surface area contributed by atoms with Gasteiger partial charge in [0.05, 0.1) is 0 Å². The van der Waals surface area contributed by atoms with E-state index in [0.717, 1.165) is 30.1 Å². The van der Waals surface area contributed by atoms with Crippen molar-refractivity contribution in [3.63, 3.8) is 0 Å². The van der Waals surface area contributed by atoms with Crippen molar-refractivity contribution in [2.24, 2.45) is 5.92 Å². The summed E-state index contributed by atoms with van der Waals surface area (Å²) in [6, 6.07) is 11.7. The highest BCUT2D eigenvalue weighted by Crippen LogP contribution is 2.25. The number of piperidine rings is 1. The molecule has 1 aliphatic rings. The molecule has 27 heavy (non-hydrogen) atoms. The Morgan fingerprint density at radius 3 is 2.56 bits per heavy atom. The molecule has 0 saturated carbocycles. The first-order valence-electron chi connectivity index (χ1n) is 9.62. The summed E-state index contributed by atoms with van der Waals surface area (Å²) in [7, 11) is 0. The van der Waals surface area contributed by atoms with Crippen LogP contribution in [0.25, 0.3) is 11.0 Å². The van der Waals surface area contributed by atoms with Gasteiger partial charge in [-0.15, -0.1) is 0 Å². The van der Waals surface area contributed by atoms with Crippen molar-refractivity contribution in [2.75, 3.05) is 23.3 Å². The highest BCUT2D eigenvalue weighted by atomic mass is 16.1. The Bertz CT molecular complexity index is 988. The molecule has 0 radical (unpaired) electrons. The van der Waals surface area contributed by atoms with E-state index < -0.39 is 0 Å². The zero-order valence-electron chi connectivity index (χ0n) is 15.9. The van der Waals surface area contributed by atoms with Gasteiger partial charge in [0.2, 0.25) is 5.95 Å². The average molecular weight is 363 g/mol. The van der Waals surface area contributed by atoms with Crippen molar-refractivity contribution >= 4 is 28.4 Å². The third-order valence-electron chi connectivity index (χ3n) is 5.31. The second-order valence-corrected chi connectivity index (χ2v) is 7.23. The summed E-state index contributed by atoms with van der Waals surface area (Å²) in [6.07, 6.45) is 4.26. The first kappa shape index (κ1) is 17.5. The molecule has 1 N–H and O–H groups in total. The SMILES string of the molecule is CCn1c(=O)ccc2cnc(Nc3ccc(N4CCC(C)CC4)cc3)nc21. The van der Waals surface area contributed by atoms with Gasteiger partial charge in [0.15, 0.2) is 0 Å². The molecule has 0 amide bonds. The summed E-state index contributed by atoms with van der Waals surface area (Å²) in [6.45, 7) is 7.09. The van der Waals surface area contributed by atoms with Gasteiger partial charge >= 0.3 is 0 Å². The van der Waals surface area contributed by atoms with E-state index in [-0.39, 0.29) is 5.56 Å². The quantitative estimate of drug-likeness (QED) is 0.764. The molecule has 0 atom stereocenters. The smallest absolute Gasteiger partial charge is 0.252 e. The number of aromatic nitrogens is 3. The molecule has 0 spiro atoms. The summed E-state index contributed by atoms with van der Waals surface area (Å²) in [5.74, 6) is 1.32. The number of aryl methyl sites for hydroxylation is 1. The fourth-order valence-electron chi connectivity index (χ4n) is 3.59. The van der Waals surface area contributed by atoms with Gasteiger partial charge in [0.25, 0.3) is 5.56 Å². The first-order chi connectivity index (χ1) is 13.1. The Balaban J connectivity index is 1.54. The minimum absolute atomic E-state index is 0.0464. The average Bonchev–Trinajstić information content (AvgIpc) is 2.69. The largest absolute Gasteiger partial charge is 0.372 e. The number of pyridine rings is 1. The van der Waals surface area contributed by atoms with Crippen LogP contribution in [0.4, 0.5) is 17.3 Å². The number of nitrogens with zero attached hydrogens (tertiary/aromatic N) is 4. The van der Waals surface area contributed by atoms with Gasteiger partial charge in [-0.3, -0.25) is 9.36 Å². The number of hydrogen-bond acceptors (Lipinski definition) is 5. The van der Waals surface area contributed by atoms with E-state index in [1.165, 1.54) is 18.5 Å². The van der Waals surface area contributed by atoms with Gasteiger partial charge in [0.1, 0.15) is 5.65 Å². The summed E-state index contributed by atoms with van der Waals surface area (Å²) in [4.78, 5) is 23.4. The van der Waals surface area contributed by atoms with Crippen LogP contribution >= 0.6 is 0 Å². The zero-order chi connectivity index (χ0) is 18.8. The zero-order valence-corrected chi connectivity index (χ0v) is 15.9. The Hall–Kier alpha value is -2.89. The lowest BCUT2D eigenvalue weighted by Gasteiger charge is -2.32. The van der Waals surface area contributed by atoms with Crippen molar-refractivity contribution in [2.45, 2.75) is 33.2 Å². The number of hydrogen-bond donors (Lipinski definition) is 1. The first-order valence-corrected chi connectivity index (χ1v) is 9.62. The van der Waals surface area contributed by atoms with Gasteiger partial charge in [-0.2, -0.15) is 4.98 Å². The van der Waals surface area contributed by atoms with Crippen LogP contribution in [0.15, 0.2) is 47.4 Å². The van der Waals surface area contributed by atoms with E-state index in [2.05, 4.69) is 51.4 Å². The van der Waals surface area contributed by atoms with Gasteiger partial charge in [-0.1, -0.05) is 6.92 Å². The molecule has 6 nitrogen and oxygen atoms in total. The van der Waals surface area contributed by atoms with Crippen molar-refractivity contribution in [1.29, 1.82) is 0 Å². The monoisotopic (exact) mass is 363 g/mol. The summed E-state index contributed by atoms with van der Waals surface area (Å²) >= 11 is 0. The van der Waals surface area contributed by atoms with Crippen molar-refractivity contribution in [3.8, 4) is 0 Å². The van der Waals surface area contributed by atoms with Crippen molar-refractivity contribution in [3.05, 3.63) is 52.9 Å². The molecule has 0 aliphatic carbocycles. The number of fused-ring (bicyclic) bond motifs is 1. The molecule has 0 unspecified atom stereocenters. The molecule has 1 saturated heterocycles. The number of benzene rings is 1. The van der Waals surface area contributed by atoms with Crippen LogP contribution in [-0.2, 0) is 6.54 Å². The van der Waals surface area contributed by atoms with Crippen LogP contribution in [0.1, 0.15) is 26.7 Å². The Kier molecular flexibility index (Phi) is 4.79. The van der Waals surface area contributed by atoms with Gasteiger partial charge in [0, 0.05) is 48.7 Å². The molecular formula is C21H25N5O. The van der Waals surface area contributed by atoms with Crippen LogP contribution < -0.4 is 15.8 Å². The maximum Gasteiger partial charge on any atom is 0.252 e. The second-order valence-electron chi connectivity index (χ2n) is 7.23. The van der Waals surface area contributed by atoms with Crippen LogP contribution in [0.3, 0.4) is 0 Å². The number of anilines is 3. The van der Waals surface area contributed by atoms with Gasteiger partial charge in [-0.25, -0.2) is 4.98 Å². The fraction of sp³-hybridized carbons (Fsp3) is 0.381. The van der Waals surface area contributed by atoms with Crippen LogP contribution in [-0.4, -0.2) is 27.6 Å². The van der Waals surface area contributed by atoms with E-state index in [0.29, 0.717) is 18.1 Å². The molecule has 6 heteroatoms. The Morgan fingerprint density at radius 1 is 1.11 bits per heavy atom. The van der Waals surface area contributed by atoms with Crippen molar-refractivity contribution < 1.29 is 0 Å². The molecule has 1 fully saturated rings. The topological polar surface area (TPSA) is 63.1 Å². The molecular weight excluding hydrogens is 338 g/mol. The minimum Gasteiger partial charge on any atom is -0.372 e. The standard InChI is InChI=1S/C21H25N5O/c1-3-26-19(27)9-4-16-14-22-21(24-20(16)26)23-17-5-7-18(8-6-17)25-12-10-15(2)11-13-25/h4-9,14-15H,3,10-13H2,1-2H3,(H,22,23,24). The number of nitrogens with one attached hydrogen (secondary N) is 1. The third-order valence-corrected chi connectivity index (χ3v) is 5.31. The van der Waals surface area contributed by atoms with Crippen molar-refractivity contribution in [1.82, 2.24) is 14.5 Å². The predicted octanol–water partition coefficient (Wildman–Crippen LogP) is 3.79. The second kappa shape index (κ2) is 7.39. The predicted molar refractivity (Wildman–Crippen MR) is 110 cm³/mol. The number of rotatable bonds is 4.